The molecule has 1 nitrogen and oxygen atoms in total. The predicted molar refractivity (Wildman–Crippen MR) is 53.6 cm³/mol. The van der Waals surface area contributed by atoms with E-state index in [2.05, 4.69) is 0 Å². The van der Waals surface area contributed by atoms with Gasteiger partial charge in [0.25, 0.3) is 0 Å². The van der Waals surface area contributed by atoms with Crippen LogP contribution in [0.2, 0.25) is 0 Å². The third kappa shape index (κ3) is 2.53. The molecule has 0 atom stereocenters. The van der Waals surface area contributed by atoms with Crippen LogP contribution in [0.15, 0.2) is 18.2 Å². The molecule has 3 heteroatoms. The quantitative estimate of drug-likeness (QED) is 0.732. The van der Waals surface area contributed by atoms with Gasteiger partial charge in [-0.3, -0.25) is 0 Å². The minimum atomic E-state index is -0.750. The van der Waals surface area contributed by atoms with Gasteiger partial charge in [0.2, 0.25) is 0 Å². The molecule has 1 saturated heterocycles. The molecule has 2 rings (SSSR count). The highest BCUT2D eigenvalue weighted by Crippen LogP contribution is 2.22. The first-order chi connectivity index (χ1) is 7.27. The van der Waals surface area contributed by atoms with Gasteiger partial charge in [-0.2, -0.15) is 0 Å². The maximum atomic E-state index is 13.4. The molecule has 15 heavy (non-hydrogen) atoms. The molecule has 0 unspecified atom stereocenters. The smallest absolute Gasteiger partial charge is 0.162 e. The van der Waals surface area contributed by atoms with Gasteiger partial charge in [-0.1, -0.05) is 12.1 Å². The van der Waals surface area contributed by atoms with Crippen LogP contribution in [-0.2, 0) is 11.2 Å². The molecule has 1 aromatic rings. The largest absolute Gasteiger partial charge is 0.381 e. The van der Waals surface area contributed by atoms with Crippen molar-refractivity contribution in [3.63, 3.8) is 0 Å². The minimum Gasteiger partial charge on any atom is -0.381 e. The van der Waals surface area contributed by atoms with E-state index in [0.717, 1.165) is 32.1 Å². The molecule has 0 spiro atoms. The summed E-state index contributed by atoms with van der Waals surface area (Å²) in [7, 11) is 0. The van der Waals surface area contributed by atoms with E-state index in [1.807, 2.05) is 0 Å². The molecule has 0 saturated carbocycles. The second-order valence-electron chi connectivity index (χ2n) is 3.97. The molecule has 0 bridgehead atoms. The predicted octanol–water partition coefficient (Wildman–Crippen LogP) is 2.93. The van der Waals surface area contributed by atoms with Crippen LogP contribution in [-0.4, -0.2) is 13.2 Å². The Morgan fingerprint density at radius 1 is 1.20 bits per heavy atom. The summed E-state index contributed by atoms with van der Waals surface area (Å²) in [6, 6.07) is 4.38. The van der Waals surface area contributed by atoms with Gasteiger partial charge in [-0.05, 0) is 36.8 Å². The van der Waals surface area contributed by atoms with Crippen molar-refractivity contribution in [1.82, 2.24) is 0 Å². The summed E-state index contributed by atoms with van der Waals surface area (Å²) < 4.78 is 31.5. The molecule has 0 amide bonds. The van der Waals surface area contributed by atoms with Gasteiger partial charge < -0.3 is 4.74 Å². The second kappa shape index (κ2) is 4.71. The first-order valence-corrected chi connectivity index (χ1v) is 5.28. The molecule has 1 aliphatic rings. The van der Waals surface area contributed by atoms with Gasteiger partial charge in [0, 0.05) is 13.2 Å². The van der Waals surface area contributed by atoms with Gasteiger partial charge in [0.05, 0.1) is 0 Å². The van der Waals surface area contributed by atoms with E-state index >= 15 is 0 Å². The third-order valence-electron chi connectivity index (χ3n) is 2.88. The van der Waals surface area contributed by atoms with Gasteiger partial charge in [0.1, 0.15) is 0 Å². The Labute approximate surface area is 88.1 Å². The fraction of sp³-hybridized carbons (Fsp3) is 0.500. The molecule has 82 valence electrons. The Balaban J connectivity index is 2.06. The monoisotopic (exact) mass is 212 g/mol. The van der Waals surface area contributed by atoms with E-state index in [1.165, 1.54) is 0 Å². The topological polar surface area (TPSA) is 9.23 Å². The molecule has 0 N–H and O–H groups in total. The third-order valence-corrected chi connectivity index (χ3v) is 2.88. The zero-order valence-corrected chi connectivity index (χ0v) is 8.51. The van der Waals surface area contributed by atoms with E-state index in [9.17, 15) is 8.78 Å². The van der Waals surface area contributed by atoms with Crippen molar-refractivity contribution in [2.75, 3.05) is 13.2 Å². The Morgan fingerprint density at radius 2 is 1.93 bits per heavy atom. The Hall–Kier alpha value is -0.960. The Kier molecular flexibility index (Phi) is 3.31. The number of halogens is 2. The fourth-order valence-electron chi connectivity index (χ4n) is 1.97. The summed E-state index contributed by atoms with van der Waals surface area (Å²) in [5, 5.41) is 0. The highest BCUT2D eigenvalue weighted by Gasteiger charge is 2.17. The van der Waals surface area contributed by atoms with Crippen LogP contribution in [0.1, 0.15) is 18.4 Å². The van der Waals surface area contributed by atoms with E-state index in [0.29, 0.717) is 17.9 Å². The summed E-state index contributed by atoms with van der Waals surface area (Å²) in [4.78, 5) is 0. The average molecular weight is 212 g/mol. The van der Waals surface area contributed by atoms with Crippen molar-refractivity contribution >= 4 is 0 Å². The maximum Gasteiger partial charge on any atom is 0.162 e. The summed E-state index contributed by atoms with van der Waals surface area (Å²) in [6.07, 6.45) is 2.50. The van der Waals surface area contributed by atoms with Crippen LogP contribution in [0.3, 0.4) is 0 Å². The van der Waals surface area contributed by atoms with Gasteiger partial charge >= 0.3 is 0 Å². The molecule has 1 heterocycles. The standard InChI is InChI=1S/C12H14F2O/c13-11-3-1-2-10(12(11)14)8-9-4-6-15-7-5-9/h1-3,9H,4-8H2. The van der Waals surface area contributed by atoms with Crippen LogP contribution in [0.25, 0.3) is 0 Å². The molecule has 0 radical (unpaired) electrons. The first-order valence-electron chi connectivity index (χ1n) is 5.28. The number of rotatable bonds is 2. The number of benzene rings is 1. The van der Waals surface area contributed by atoms with E-state index < -0.39 is 11.6 Å². The van der Waals surface area contributed by atoms with Crippen molar-refractivity contribution < 1.29 is 13.5 Å². The maximum absolute atomic E-state index is 13.4. The van der Waals surface area contributed by atoms with Crippen molar-refractivity contribution in [3.8, 4) is 0 Å². The lowest BCUT2D eigenvalue weighted by Gasteiger charge is -2.22. The van der Waals surface area contributed by atoms with Crippen LogP contribution >= 0.6 is 0 Å². The molecule has 1 aromatic carbocycles. The van der Waals surface area contributed by atoms with Gasteiger partial charge in [0.15, 0.2) is 11.6 Å². The number of hydrogen-bond acceptors (Lipinski definition) is 1. The molecular formula is C12H14F2O. The Morgan fingerprint density at radius 3 is 2.67 bits per heavy atom. The highest BCUT2D eigenvalue weighted by molar-refractivity contribution is 5.19. The highest BCUT2D eigenvalue weighted by atomic mass is 19.2. The normalized spacial score (nSPS) is 18.0. The summed E-state index contributed by atoms with van der Waals surface area (Å²) >= 11 is 0. The lowest BCUT2D eigenvalue weighted by atomic mass is 9.92. The van der Waals surface area contributed by atoms with Crippen molar-refractivity contribution in [1.29, 1.82) is 0 Å². The zero-order valence-electron chi connectivity index (χ0n) is 8.51. The summed E-state index contributed by atoms with van der Waals surface area (Å²) in [6.45, 7) is 1.48. The second-order valence-corrected chi connectivity index (χ2v) is 3.97. The van der Waals surface area contributed by atoms with Crippen LogP contribution < -0.4 is 0 Å². The van der Waals surface area contributed by atoms with Crippen molar-refractivity contribution in [3.05, 3.63) is 35.4 Å². The average Bonchev–Trinajstić information content (AvgIpc) is 2.26. The van der Waals surface area contributed by atoms with E-state index in [4.69, 9.17) is 4.74 Å². The summed E-state index contributed by atoms with van der Waals surface area (Å²) in [5.74, 6) is -1.02. The van der Waals surface area contributed by atoms with Crippen LogP contribution in [0, 0.1) is 17.6 Å². The molecular weight excluding hydrogens is 198 g/mol. The molecule has 0 aromatic heterocycles. The molecule has 1 aliphatic heterocycles. The van der Waals surface area contributed by atoms with Gasteiger partial charge in [-0.25, -0.2) is 8.78 Å². The lowest BCUT2D eigenvalue weighted by molar-refractivity contribution is 0.0662. The fourth-order valence-corrected chi connectivity index (χ4v) is 1.97. The lowest BCUT2D eigenvalue weighted by Crippen LogP contribution is -2.18. The van der Waals surface area contributed by atoms with E-state index in [1.54, 1.807) is 12.1 Å². The van der Waals surface area contributed by atoms with Crippen LogP contribution in [0.5, 0.6) is 0 Å². The minimum absolute atomic E-state index is 0.426. The summed E-state index contributed by atoms with van der Waals surface area (Å²) in [5.41, 5.74) is 0.488. The Bertz CT molecular complexity index is 332. The number of hydrogen-bond donors (Lipinski definition) is 0. The van der Waals surface area contributed by atoms with Crippen molar-refractivity contribution in [2.24, 2.45) is 5.92 Å². The van der Waals surface area contributed by atoms with Crippen LogP contribution in [0.4, 0.5) is 8.78 Å². The first kappa shape index (κ1) is 10.6. The number of ether oxygens (including phenoxy) is 1. The zero-order chi connectivity index (χ0) is 10.7. The SMILES string of the molecule is Fc1cccc(CC2CCOCC2)c1F. The van der Waals surface area contributed by atoms with Gasteiger partial charge in [-0.15, -0.1) is 0 Å². The van der Waals surface area contributed by atoms with E-state index in [-0.39, 0.29) is 0 Å². The molecule has 1 fully saturated rings. The van der Waals surface area contributed by atoms with Crippen molar-refractivity contribution in [2.45, 2.75) is 19.3 Å². The molecule has 0 aliphatic carbocycles.